The highest BCUT2D eigenvalue weighted by molar-refractivity contribution is 6.44. The van der Waals surface area contributed by atoms with Gasteiger partial charge in [-0.05, 0) is 30.9 Å². The van der Waals surface area contributed by atoms with Gasteiger partial charge in [0.15, 0.2) is 0 Å². The van der Waals surface area contributed by atoms with Crippen molar-refractivity contribution in [3.8, 4) is 0 Å². The van der Waals surface area contributed by atoms with Crippen LogP contribution in [0.3, 0.4) is 0 Å². The lowest BCUT2D eigenvalue weighted by Crippen LogP contribution is -2.28. The molecule has 1 atom stereocenters. The second-order valence-electron chi connectivity index (χ2n) is 4.23. The van der Waals surface area contributed by atoms with Crippen molar-refractivity contribution in [2.24, 2.45) is 11.7 Å². The van der Waals surface area contributed by atoms with E-state index in [4.69, 9.17) is 45.3 Å². The molecule has 0 bridgehead atoms. The van der Waals surface area contributed by atoms with Gasteiger partial charge in [0.2, 0.25) is 0 Å². The van der Waals surface area contributed by atoms with Gasteiger partial charge in [0.25, 0.3) is 0 Å². The molecule has 0 saturated carbocycles. The van der Waals surface area contributed by atoms with Crippen LogP contribution in [0.5, 0.6) is 0 Å². The van der Waals surface area contributed by atoms with Crippen LogP contribution in [0.25, 0.3) is 0 Å². The van der Waals surface area contributed by atoms with Gasteiger partial charge in [-0.2, -0.15) is 0 Å². The molecule has 1 fully saturated rings. The Morgan fingerprint density at radius 3 is 2.28 bits per heavy atom. The van der Waals surface area contributed by atoms with Gasteiger partial charge in [-0.3, -0.25) is 0 Å². The van der Waals surface area contributed by atoms with Crippen molar-refractivity contribution in [2.45, 2.75) is 18.9 Å². The minimum Gasteiger partial charge on any atom is -0.381 e. The fraction of sp³-hybridized carbons (Fsp3) is 0.500. The molecule has 0 amide bonds. The molecule has 0 aromatic heterocycles. The van der Waals surface area contributed by atoms with Gasteiger partial charge in [-0.1, -0.05) is 34.8 Å². The molecular formula is C12H15Cl4NO. The second kappa shape index (κ2) is 7.18. The van der Waals surface area contributed by atoms with Crippen LogP contribution in [-0.2, 0) is 4.74 Å². The highest BCUT2D eigenvalue weighted by Gasteiger charge is 2.26. The van der Waals surface area contributed by atoms with Crippen molar-refractivity contribution < 1.29 is 4.74 Å². The van der Waals surface area contributed by atoms with E-state index in [0.717, 1.165) is 31.6 Å². The molecule has 1 aliphatic heterocycles. The van der Waals surface area contributed by atoms with Crippen LogP contribution in [-0.4, -0.2) is 13.2 Å². The molecule has 6 heteroatoms. The molecule has 2 nitrogen and oxygen atoms in total. The lowest BCUT2D eigenvalue weighted by atomic mass is 9.88. The Hall–Kier alpha value is 0.300. The standard InChI is InChI=1S/C12H14Cl3NO.ClH/c13-8-1-2-9(14)11(15)10(8)12(16)7-3-5-17-6-4-7;/h1-2,7,12H,3-6,16H2;1H/t12-;/m1./s1. The Balaban J connectivity index is 0.00000162. The van der Waals surface area contributed by atoms with Crippen LogP contribution in [0.4, 0.5) is 0 Å². The Morgan fingerprint density at radius 2 is 1.67 bits per heavy atom. The molecule has 1 saturated heterocycles. The van der Waals surface area contributed by atoms with Crippen LogP contribution < -0.4 is 5.73 Å². The summed E-state index contributed by atoms with van der Waals surface area (Å²) in [5, 5.41) is 1.55. The van der Waals surface area contributed by atoms with E-state index in [1.165, 1.54) is 0 Å². The first-order valence-electron chi connectivity index (χ1n) is 5.58. The third-order valence-electron chi connectivity index (χ3n) is 3.19. The molecule has 1 heterocycles. The molecule has 1 aromatic carbocycles. The van der Waals surface area contributed by atoms with Gasteiger partial charge in [-0.25, -0.2) is 0 Å². The predicted molar refractivity (Wildman–Crippen MR) is 79.2 cm³/mol. The Morgan fingerprint density at radius 1 is 1.11 bits per heavy atom. The monoisotopic (exact) mass is 329 g/mol. The first-order valence-corrected chi connectivity index (χ1v) is 6.71. The Labute approximate surface area is 128 Å². The number of ether oxygens (including phenoxy) is 1. The van der Waals surface area contributed by atoms with Crippen LogP contribution >= 0.6 is 47.2 Å². The van der Waals surface area contributed by atoms with Crippen molar-refractivity contribution in [1.29, 1.82) is 0 Å². The first-order chi connectivity index (χ1) is 8.11. The fourth-order valence-electron chi connectivity index (χ4n) is 2.16. The maximum absolute atomic E-state index is 6.26. The van der Waals surface area contributed by atoms with Crippen LogP contribution in [0.15, 0.2) is 12.1 Å². The summed E-state index contributed by atoms with van der Waals surface area (Å²) in [6.07, 6.45) is 1.86. The largest absolute Gasteiger partial charge is 0.381 e. The molecule has 0 spiro atoms. The lowest BCUT2D eigenvalue weighted by molar-refractivity contribution is 0.0584. The number of nitrogens with two attached hydrogens (primary N) is 1. The summed E-state index contributed by atoms with van der Waals surface area (Å²) in [6.45, 7) is 1.49. The number of benzene rings is 1. The molecule has 18 heavy (non-hydrogen) atoms. The van der Waals surface area contributed by atoms with Crippen LogP contribution in [0.2, 0.25) is 15.1 Å². The van der Waals surface area contributed by atoms with E-state index in [1.807, 2.05) is 0 Å². The Bertz CT molecular complexity index is 407. The molecule has 1 aromatic rings. The van der Waals surface area contributed by atoms with E-state index in [9.17, 15) is 0 Å². The highest BCUT2D eigenvalue weighted by Crippen LogP contribution is 2.39. The van der Waals surface area contributed by atoms with Crippen molar-refractivity contribution in [2.75, 3.05) is 13.2 Å². The SMILES string of the molecule is Cl.N[C@@H](c1c(Cl)ccc(Cl)c1Cl)C1CCOCC1. The summed E-state index contributed by atoms with van der Waals surface area (Å²) >= 11 is 18.3. The van der Waals surface area contributed by atoms with E-state index in [0.29, 0.717) is 21.0 Å². The molecule has 0 aliphatic carbocycles. The number of rotatable bonds is 2. The zero-order valence-corrected chi connectivity index (χ0v) is 12.7. The average Bonchev–Trinajstić information content (AvgIpc) is 2.35. The minimum absolute atomic E-state index is 0. The molecule has 0 radical (unpaired) electrons. The quantitative estimate of drug-likeness (QED) is 0.810. The number of hydrogen-bond acceptors (Lipinski definition) is 2. The van der Waals surface area contributed by atoms with Crippen molar-refractivity contribution in [3.63, 3.8) is 0 Å². The van der Waals surface area contributed by atoms with Gasteiger partial charge in [0.1, 0.15) is 0 Å². The molecule has 2 rings (SSSR count). The van der Waals surface area contributed by atoms with E-state index in [-0.39, 0.29) is 18.4 Å². The molecule has 1 aliphatic rings. The molecular weight excluding hydrogens is 316 g/mol. The van der Waals surface area contributed by atoms with E-state index < -0.39 is 0 Å². The summed E-state index contributed by atoms with van der Waals surface area (Å²) in [5.74, 6) is 0.345. The van der Waals surface area contributed by atoms with Crippen molar-refractivity contribution >= 4 is 47.2 Å². The fourth-order valence-corrected chi connectivity index (χ4v) is 2.95. The maximum atomic E-state index is 6.26. The number of hydrogen-bond donors (Lipinski definition) is 1. The molecule has 2 N–H and O–H groups in total. The van der Waals surface area contributed by atoms with E-state index >= 15 is 0 Å². The predicted octanol–water partition coefficient (Wildman–Crippen LogP) is 4.50. The summed E-state index contributed by atoms with van der Waals surface area (Å²) in [4.78, 5) is 0. The minimum atomic E-state index is -0.183. The zero-order chi connectivity index (χ0) is 12.4. The smallest absolute Gasteiger partial charge is 0.0655 e. The summed E-state index contributed by atoms with van der Waals surface area (Å²) < 4.78 is 5.32. The van der Waals surface area contributed by atoms with E-state index in [1.54, 1.807) is 12.1 Å². The number of halogens is 4. The van der Waals surface area contributed by atoms with Gasteiger partial charge < -0.3 is 10.5 Å². The second-order valence-corrected chi connectivity index (χ2v) is 5.42. The third kappa shape index (κ3) is 3.44. The summed E-state index contributed by atoms with van der Waals surface area (Å²) in [5.41, 5.74) is 7.01. The Kier molecular flexibility index (Phi) is 6.52. The normalized spacial score (nSPS) is 18.2. The average molecular weight is 331 g/mol. The topological polar surface area (TPSA) is 35.2 Å². The summed E-state index contributed by atoms with van der Waals surface area (Å²) in [6, 6.07) is 3.24. The van der Waals surface area contributed by atoms with Gasteiger partial charge in [0.05, 0.1) is 10.0 Å². The van der Waals surface area contributed by atoms with Crippen molar-refractivity contribution in [1.82, 2.24) is 0 Å². The van der Waals surface area contributed by atoms with Crippen molar-refractivity contribution in [3.05, 3.63) is 32.8 Å². The van der Waals surface area contributed by atoms with Gasteiger partial charge >= 0.3 is 0 Å². The lowest BCUT2D eigenvalue weighted by Gasteiger charge is -2.29. The van der Waals surface area contributed by atoms with E-state index in [2.05, 4.69) is 0 Å². The highest BCUT2D eigenvalue weighted by atomic mass is 35.5. The first kappa shape index (κ1) is 16.4. The summed E-state index contributed by atoms with van der Waals surface area (Å²) in [7, 11) is 0. The van der Waals surface area contributed by atoms with Crippen LogP contribution in [0, 0.1) is 5.92 Å². The maximum Gasteiger partial charge on any atom is 0.0655 e. The third-order valence-corrected chi connectivity index (χ3v) is 4.34. The van der Waals surface area contributed by atoms with Crippen LogP contribution in [0.1, 0.15) is 24.4 Å². The van der Waals surface area contributed by atoms with Gasteiger partial charge in [-0.15, -0.1) is 12.4 Å². The van der Waals surface area contributed by atoms with Gasteiger partial charge in [0, 0.05) is 29.8 Å². The molecule has 0 unspecified atom stereocenters. The zero-order valence-electron chi connectivity index (χ0n) is 9.67. The molecule has 102 valence electrons.